The van der Waals surface area contributed by atoms with Crippen molar-refractivity contribution < 1.29 is 4.74 Å². The van der Waals surface area contributed by atoms with Crippen LogP contribution in [0.4, 0.5) is 0 Å². The summed E-state index contributed by atoms with van der Waals surface area (Å²) in [6.45, 7) is 3.96. The Hall–Kier alpha value is -0.810. The van der Waals surface area contributed by atoms with E-state index in [4.69, 9.17) is 39.4 Å². The first-order chi connectivity index (χ1) is 11.8. The summed E-state index contributed by atoms with van der Waals surface area (Å²) in [4.78, 5) is 0. The molecule has 0 heterocycles. The van der Waals surface area contributed by atoms with Crippen LogP contribution in [-0.2, 0) is 4.74 Å². The van der Waals surface area contributed by atoms with Crippen LogP contribution in [0.2, 0.25) is 10.0 Å². The van der Waals surface area contributed by atoms with Crippen molar-refractivity contribution >= 4 is 35.6 Å². The van der Waals surface area contributed by atoms with Crippen LogP contribution in [0.25, 0.3) is 0 Å². The molecule has 0 aliphatic heterocycles. The molecule has 26 heavy (non-hydrogen) atoms. The van der Waals surface area contributed by atoms with E-state index in [1.807, 2.05) is 62.4 Å². The van der Waals surface area contributed by atoms with Gasteiger partial charge >= 0.3 is 0 Å². The van der Waals surface area contributed by atoms with E-state index in [9.17, 15) is 0 Å². The van der Waals surface area contributed by atoms with Crippen LogP contribution in [0.1, 0.15) is 50.0 Å². The quantitative estimate of drug-likeness (QED) is 0.580. The molecule has 6 heteroatoms. The number of rotatable bonds is 8. The normalized spacial score (nSPS) is 15.6. The van der Waals surface area contributed by atoms with Gasteiger partial charge in [-0.05, 0) is 62.1 Å². The van der Waals surface area contributed by atoms with Gasteiger partial charge in [0.2, 0.25) is 0 Å². The number of ether oxygens (including phenoxy) is 1. The van der Waals surface area contributed by atoms with Crippen LogP contribution < -0.4 is 11.5 Å². The molecule has 4 atom stereocenters. The number of hydrogen-bond donors (Lipinski definition) is 2. The highest BCUT2D eigenvalue weighted by atomic mass is 35.5. The minimum absolute atomic E-state index is 0. The molecule has 0 aliphatic rings. The van der Waals surface area contributed by atoms with Gasteiger partial charge in [-0.3, -0.25) is 0 Å². The lowest BCUT2D eigenvalue weighted by Gasteiger charge is -2.28. The third-order valence-electron chi connectivity index (χ3n) is 3.98. The molecule has 0 aromatic heterocycles. The molecule has 0 spiro atoms. The number of halogens is 3. The third-order valence-corrected chi connectivity index (χ3v) is 4.49. The SMILES string of the molecule is CC(N)CC(OC(CC(C)N)c1ccc(Cl)cc1)c1ccc(Cl)cc1.Cl. The van der Waals surface area contributed by atoms with Crippen molar-refractivity contribution in [3.63, 3.8) is 0 Å². The van der Waals surface area contributed by atoms with Crippen molar-refractivity contribution in [2.45, 2.75) is 51.0 Å². The van der Waals surface area contributed by atoms with Crippen molar-refractivity contribution in [1.29, 1.82) is 0 Å². The van der Waals surface area contributed by atoms with Crippen LogP contribution in [0.3, 0.4) is 0 Å². The maximum atomic E-state index is 6.48. The summed E-state index contributed by atoms with van der Waals surface area (Å²) in [7, 11) is 0. The lowest BCUT2D eigenvalue weighted by Crippen LogP contribution is -2.24. The molecule has 4 N–H and O–H groups in total. The van der Waals surface area contributed by atoms with E-state index < -0.39 is 0 Å². The molecule has 2 aromatic rings. The van der Waals surface area contributed by atoms with E-state index in [2.05, 4.69) is 0 Å². The average molecular weight is 418 g/mol. The zero-order valence-corrected chi connectivity index (χ0v) is 17.4. The van der Waals surface area contributed by atoms with Crippen molar-refractivity contribution in [2.75, 3.05) is 0 Å². The van der Waals surface area contributed by atoms with E-state index in [-0.39, 0.29) is 36.7 Å². The Labute approximate surface area is 172 Å². The summed E-state index contributed by atoms with van der Waals surface area (Å²) in [5.74, 6) is 0. The Bertz CT molecular complexity index is 588. The summed E-state index contributed by atoms with van der Waals surface area (Å²) in [6, 6.07) is 15.5. The van der Waals surface area contributed by atoms with Gasteiger partial charge in [-0.25, -0.2) is 0 Å². The molecule has 2 aromatic carbocycles. The van der Waals surface area contributed by atoms with Gasteiger partial charge in [0.15, 0.2) is 0 Å². The molecular weight excluding hydrogens is 391 g/mol. The lowest BCUT2D eigenvalue weighted by molar-refractivity contribution is -0.0286. The molecule has 0 bridgehead atoms. The minimum atomic E-state index is -0.128. The van der Waals surface area contributed by atoms with Crippen molar-refractivity contribution in [3.8, 4) is 0 Å². The Morgan fingerprint density at radius 2 is 1.04 bits per heavy atom. The average Bonchev–Trinajstić information content (AvgIpc) is 2.54. The topological polar surface area (TPSA) is 61.3 Å². The molecule has 0 fully saturated rings. The highest BCUT2D eigenvalue weighted by Gasteiger charge is 2.22. The van der Waals surface area contributed by atoms with Gasteiger partial charge in [-0.1, -0.05) is 47.5 Å². The van der Waals surface area contributed by atoms with Crippen molar-refractivity contribution in [1.82, 2.24) is 0 Å². The van der Waals surface area contributed by atoms with Gasteiger partial charge in [-0.2, -0.15) is 0 Å². The molecular formula is C20H27Cl3N2O. The van der Waals surface area contributed by atoms with E-state index in [1.165, 1.54) is 0 Å². The second-order valence-electron chi connectivity index (χ2n) is 6.64. The highest BCUT2D eigenvalue weighted by Crippen LogP contribution is 2.33. The van der Waals surface area contributed by atoms with Crippen LogP contribution in [0.5, 0.6) is 0 Å². The second kappa shape index (κ2) is 11.1. The Kier molecular flexibility index (Phi) is 9.94. The first-order valence-electron chi connectivity index (χ1n) is 8.52. The van der Waals surface area contributed by atoms with E-state index in [0.717, 1.165) is 11.1 Å². The molecule has 0 aliphatic carbocycles. The zero-order valence-electron chi connectivity index (χ0n) is 15.1. The monoisotopic (exact) mass is 416 g/mol. The van der Waals surface area contributed by atoms with Crippen LogP contribution in [-0.4, -0.2) is 12.1 Å². The van der Waals surface area contributed by atoms with Gasteiger partial charge in [0, 0.05) is 22.1 Å². The fourth-order valence-electron chi connectivity index (χ4n) is 2.77. The molecule has 0 radical (unpaired) electrons. The Morgan fingerprint density at radius 3 is 1.31 bits per heavy atom. The molecule has 0 amide bonds. The number of benzene rings is 2. The third kappa shape index (κ3) is 7.43. The van der Waals surface area contributed by atoms with Gasteiger partial charge in [-0.15, -0.1) is 12.4 Å². The lowest BCUT2D eigenvalue weighted by atomic mass is 9.99. The van der Waals surface area contributed by atoms with Gasteiger partial charge in [0.25, 0.3) is 0 Å². The number of nitrogens with two attached hydrogens (primary N) is 2. The first kappa shape index (κ1) is 23.2. The summed E-state index contributed by atoms with van der Waals surface area (Å²) in [5, 5.41) is 1.40. The Balaban J connectivity index is 0.00000338. The standard InChI is InChI=1S/C20H26Cl2N2O.ClH/c1-13(23)11-19(15-3-7-17(21)8-4-15)25-20(12-14(2)24)16-5-9-18(22)10-6-16;/h3-10,13-14,19-20H,11-12,23-24H2,1-2H3;1H. The Morgan fingerprint density at radius 1 is 0.731 bits per heavy atom. The minimum Gasteiger partial charge on any atom is -0.365 e. The van der Waals surface area contributed by atoms with Gasteiger partial charge in [0.1, 0.15) is 0 Å². The van der Waals surface area contributed by atoms with E-state index in [0.29, 0.717) is 22.9 Å². The summed E-state index contributed by atoms with van der Waals surface area (Å²) in [5.41, 5.74) is 14.2. The van der Waals surface area contributed by atoms with Crippen LogP contribution >= 0.6 is 35.6 Å². The van der Waals surface area contributed by atoms with Gasteiger partial charge < -0.3 is 16.2 Å². The number of hydrogen-bond acceptors (Lipinski definition) is 3. The summed E-state index contributed by atoms with van der Waals surface area (Å²) >= 11 is 12.0. The zero-order chi connectivity index (χ0) is 18.4. The molecule has 3 nitrogen and oxygen atoms in total. The first-order valence-corrected chi connectivity index (χ1v) is 9.28. The fraction of sp³-hybridized carbons (Fsp3) is 0.400. The van der Waals surface area contributed by atoms with Crippen molar-refractivity contribution in [3.05, 3.63) is 69.7 Å². The van der Waals surface area contributed by atoms with E-state index in [1.54, 1.807) is 0 Å². The van der Waals surface area contributed by atoms with Crippen molar-refractivity contribution in [2.24, 2.45) is 11.5 Å². The maximum Gasteiger partial charge on any atom is 0.0848 e. The smallest absolute Gasteiger partial charge is 0.0848 e. The fourth-order valence-corrected chi connectivity index (χ4v) is 3.02. The molecule has 0 saturated carbocycles. The van der Waals surface area contributed by atoms with E-state index >= 15 is 0 Å². The summed E-state index contributed by atoms with van der Waals surface area (Å²) in [6.07, 6.45) is 1.17. The van der Waals surface area contributed by atoms with Gasteiger partial charge in [0.05, 0.1) is 12.2 Å². The van der Waals surface area contributed by atoms with Crippen LogP contribution in [0.15, 0.2) is 48.5 Å². The maximum absolute atomic E-state index is 6.48. The summed E-state index contributed by atoms with van der Waals surface area (Å²) < 4.78 is 6.48. The van der Waals surface area contributed by atoms with Crippen LogP contribution in [0, 0.1) is 0 Å². The highest BCUT2D eigenvalue weighted by molar-refractivity contribution is 6.30. The second-order valence-corrected chi connectivity index (χ2v) is 7.52. The molecule has 0 saturated heterocycles. The molecule has 2 rings (SSSR count). The largest absolute Gasteiger partial charge is 0.365 e. The predicted octanol–water partition coefficient (Wildman–Crippen LogP) is 5.69. The molecule has 4 unspecified atom stereocenters. The molecule has 144 valence electrons. The predicted molar refractivity (Wildman–Crippen MR) is 113 cm³/mol.